The van der Waals surface area contributed by atoms with Crippen molar-refractivity contribution in [2.24, 2.45) is 7.05 Å². The number of phenols is 2. The van der Waals surface area contributed by atoms with Gasteiger partial charge in [0, 0.05) is 0 Å². The van der Waals surface area contributed by atoms with Gasteiger partial charge in [-0.25, -0.2) is 0 Å². The highest BCUT2D eigenvalue weighted by Gasteiger charge is 2.15. The second-order valence-electron chi connectivity index (χ2n) is 3.23. The van der Waals surface area contributed by atoms with Gasteiger partial charge in [0.25, 0.3) is 11.9 Å². The smallest absolute Gasteiger partial charge is 0.270 e. The van der Waals surface area contributed by atoms with Gasteiger partial charge < -0.3 is 10.2 Å². The number of anilines is 1. The van der Waals surface area contributed by atoms with Crippen molar-refractivity contribution < 1.29 is 15.0 Å². The first-order chi connectivity index (χ1) is 8.08. The Morgan fingerprint density at radius 1 is 1.41 bits per heavy atom. The highest BCUT2D eigenvalue weighted by atomic mass is 16.3. The first-order valence-electron chi connectivity index (χ1n) is 4.64. The van der Waals surface area contributed by atoms with Crippen molar-refractivity contribution in [1.29, 1.82) is 0 Å². The molecule has 0 radical (unpaired) electrons. The third kappa shape index (κ3) is 2.14. The molecule has 0 fully saturated rings. The van der Waals surface area contributed by atoms with Crippen molar-refractivity contribution in [3.8, 4) is 11.5 Å². The number of amides is 1. The minimum absolute atomic E-state index is 0.0141. The van der Waals surface area contributed by atoms with Crippen LogP contribution in [0.1, 0.15) is 10.4 Å². The molecular weight excluding hydrogens is 226 g/mol. The Balaban J connectivity index is 2.23. The number of aromatic hydroxyl groups is 2. The van der Waals surface area contributed by atoms with E-state index < -0.39 is 11.7 Å². The summed E-state index contributed by atoms with van der Waals surface area (Å²) in [5.74, 6) is -1.48. The largest absolute Gasteiger partial charge is 0.504 e. The molecule has 0 aliphatic carbocycles. The summed E-state index contributed by atoms with van der Waals surface area (Å²) < 4.78 is 0. The Hall–Kier alpha value is -2.64. The summed E-state index contributed by atoms with van der Waals surface area (Å²) in [4.78, 5) is 12.9. The quantitative estimate of drug-likeness (QED) is 0.625. The van der Waals surface area contributed by atoms with E-state index in [9.17, 15) is 15.0 Å². The molecule has 0 atom stereocenters. The van der Waals surface area contributed by atoms with Crippen molar-refractivity contribution in [2.75, 3.05) is 5.32 Å². The first-order valence-corrected chi connectivity index (χ1v) is 4.64. The summed E-state index contributed by atoms with van der Waals surface area (Å²) in [6.45, 7) is 0. The van der Waals surface area contributed by atoms with Crippen LogP contribution in [-0.4, -0.2) is 36.3 Å². The van der Waals surface area contributed by atoms with E-state index in [4.69, 9.17) is 0 Å². The molecule has 1 heterocycles. The molecule has 0 bridgehead atoms. The Morgan fingerprint density at radius 3 is 2.82 bits per heavy atom. The van der Waals surface area contributed by atoms with E-state index in [2.05, 4.69) is 20.7 Å². The topological polar surface area (TPSA) is 113 Å². The number of tetrazole rings is 1. The monoisotopic (exact) mass is 235 g/mol. The average molecular weight is 235 g/mol. The minimum atomic E-state index is -0.633. The number of benzene rings is 1. The van der Waals surface area contributed by atoms with E-state index in [1.165, 1.54) is 23.0 Å². The number of rotatable bonds is 2. The summed E-state index contributed by atoms with van der Waals surface area (Å²) in [5, 5.41) is 31.9. The summed E-state index contributed by atoms with van der Waals surface area (Å²) in [5.41, 5.74) is -0.0718. The lowest BCUT2D eigenvalue weighted by Gasteiger charge is -2.04. The number of nitrogens with zero attached hydrogens (tertiary/aromatic N) is 4. The highest BCUT2D eigenvalue weighted by Crippen LogP contribution is 2.28. The fourth-order valence-electron chi connectivity index (χ4n) is 1.22. The summed E-state index contributed by atoms with van der Waals surface area (Å²) in [7, 11) is 1.55. The molecule has 2 aromatic rings. The predicted octanol–water partition coefficient (Wildman–Crippen LogP) is -0.126. The van der Waals surface area contributed by atoms with E-state index in [0.717, 1.165) is 0 Å². The lowest BCUT2D eigenvalue weighted by molar-refractivity contribution is 0.102. The molecule has 1 amide bonds. The SMILES string of the molecule is Cn1nnc(NC(=O)c2cccc(O)c2O)n1. The van der Waals surface area contributed by atoms with Crippen molar-refractivity contribution >= 4 is 11.9 Å². The molecule has 0 aliphatic rings. The number of aryl methyl sites for hydroxylation is 1. The molecule has 1 aromatic heterocycles. The van der Waals surface area contributed by atoms with E-state index in [1.54, 1.807) is 7.05 Å². The third-order valence-electron chi connectivity index (χ3n) is 1.99. The van der Waals surface area contributed by atoms with Gasteiger partial charge in [-0.05, 0) is 17.3 Å². The molecule has 8 heteroatoms. The maximum absolute atomic E-state index is 11.7. The van der Waals surface area contributed by atoms with Crippen LogP contribution in [0.25, 0.3) is 0 Å². The van der Waals surface area contributed by atoms with Gasteiger partial charge in [-0.15, -0.1) is 5.10 Å². The van der Waals surface area contributed by atoms with Crippen LogP contribution in [0.3, 0.4) is 0 Å². The maximum atomic E-state index is 11.7. The molecule has 3 N–H and O–H groups in total. The van der Waals surface area contributed by atoms with Crippen LogP contribution in [-0.2, 0) is 7.05 Å². The lowest BCUT2D eigenvalue weighted by atomic mass is 10.2. The fourth-order valence-corrected chi connectivity index (χ4v) is 1.22. The molecular formula is C9H9N5O3. The average Bonchev–Trinajstić information content (AvgIpc) is 2.68. The lowest BCUT2D eigenvalue weighted by Crippen LogP contribution is -2.13. The third-order valence-corrected chi connectivity index (χ3v) is 1.99. The van der Waals surface area contributed by atoms with Crippen LogP contribution >= 0.6 is 0 Å². The zero-order valence-corrected chi connectivity index (χ0v) is 8.82. The normalized spacial score (nSPS) is 10.2. The molecule has 0 aliphatic heterocycles. The number of para-hydroxylation sites is 1. The van der Waals surface area contributed by atoms with Crippen LogP contribution in [0, 0.1) is 0 Å². The second-order valence-corrected chi connectivity index (χ2v) is 3.23. The predicted molar refractivity (Wildman–Crippen MR) is 56.5 cm³/mol. The van der Waals surface area contributed by atoms with E-state index in [0.29, 0.717) is 0 Å². The van der Waals surface area contributed by atoms with Gasteiger partial charge >= 0.3 is 0 Å². The standard InChI is InChI=1S/C9H9N5O3/c1-14-12-9(11-13-14)10-8(17)5-3-2-4-6(15)7(5)16/h2-4,15-16H,1H3,(H,10,12,17). The summed E-state index contributed by atoms with van der Waals surface area (Å²) in [6, 6.07) is 4.07. The van der Waals surface area contributed by atoms with Crippen molar-refractivity contribution in [3.05, 3.63) is 23.8 Å². The number of phenolic OH excluding ortho intramolecular Hbond substituents is 2. The molecule has 2 rings (SSSR count). The number of carbonyl (C=O) groups excluding carboxylic acids is 1. The van der Waals surface area contributed by atoms with Gasteiger partial charge in [0.05, 0.1) is 12.6 Å². The van der Waals surface area contributed by atoms with Crippen molar-refractivity contribution in [1.82, 2.24) is 20.2 Å². The number of hydrogen-bond donors (Lipinski definition) is 3. The van der Waals surface area contributed by atoms with E-state index in [-0.39, 0.29) is 17.3 Å². The Kier molecular flexibility index (Phi) is 2.61. The molecule has 1 aromatic carbocycles. The Morgan fingerprint density at radius 2 is 2.18 bits per heavy atom. The van der Waals surface area contributed by atoms with Gasteiger partial charge in [-0.3, -0.25) is 10.1 Å². The minimum Gasteiger partial charge on any atom is -0.504 e. The zero-order chi connectivity index (χ0) is 12.4. The van der Waals surface area contributed by atoms with Gasteiger partial charge in [-0.2, -0.15) is 4.80 Å². The molecule has 17 heavy (non-hydrogen) atoms. The Labute approximate surface area is 95.5 Å². The number of aromatic nitrogens is 4. The molecule has 8 nitrogen and oxygen atoms in total. The van der Waals surface area contributed by atoms with Crippen LogP contribution in [0.15, 0.2) is 18.2 Å². The highest BCUT2D eigenvalue weighted by molar-refractivity contribution is 6.05. The maximum Gasteiger partial charge on any atom is 0.270 e. The first kappa shape index (κ1) is 10.9. The Bertz CT molecular complexity index is 566. The van der Waals surface area contributed by atoms with Crippen molar-refractivity contribution in [3.63, 3.8) is 0 Å². The van der Waals surface area contributed by atoms with E-state index in [1.807, 2.05) is 0 Å². The van der Waals surface area contributed by atoms with Gasteiger partial charge in [0.1, 0.15) is 0 Å². The molecule has 0 spiro atoms. The van der Waals surface area contributed by atoms with Crippen LogP contribution in [0.2, 0.25) is 0 Å². The summed E-state index contributed by atoms with van der Waals surface area (Å²) >= 11 is 0. The second kappa shape index (κ2) is 4.08. The molecule has 0 saturated carbocycles. The molecule has 0 saturated heterocycles. The number of nitrogens with one attached hydrogen (secondary N) is 1. The van der Waals surface area contributed by atoms with Crippen LogP contribution in [0.5, 0.6) is 11.5 Å². The fraction of sp³-hybridized carbons (Fsp3) is 0.111. The number of hydrogen-bond acceptors (Lipinski definition) is 6. The van der Waals surface area contributed by atoms with Gasteiger partial charge in [0.15, 0.2) is 11.5 Å². The molecule has 88 valence electrons. The van der Waals surface area contributed by atoms with Gasteiger partial charge in [0.2, 0.25) is 0 Å². The number of carbonyl (C=O) groups is 1. The van der Waals surface area contributed by atoms with Gasteiger partial charge in [-0.1, -0.05) is 11.2 Å². The summed E-state index contributed by atoms with van der Waals surface area (Å²) in [6.07, 6.45) is 0. The zero-order valence-electron chi connectivity index (χ0n) is 8.82. The van der Waals surface area contributed by atoms with E-state index >= 15 is 0 Å². The van der Waals surface area contributed by atoms with Crippen LogP contribution in [0.4, 0.5) is 5.95 Å². The van der Waals surface area contributed by atoms with Crippen LogP contribution < -0.4 is 5.32 Å². The van der Waals surface area contributed by atoms with Crippen molar-refractivity contribution in [2.45, 2.75) is 0 Å². The molecule has 0 unspecified atom stereocenters.